The molecule has 1 saturated carbocycles. The maximum absolute atomic E-state index is 12.6. The second kappa shape index (κ2) is 7.23. The fourth-order valence-corrected chi connectivity index (χ4v) is 2.41. The van der Waals surface area contributed by atoms with Crippen molar-refractivity contribution < 1.29 is 27.5 Å². The summed E-state index contributed by atoms with van der Waals surface area (Å²) in [6, 6.07) is 4.18. The van der Waals surface area contributed by atoms with Gasteiger partial charge in [-0.25, -0.2) is 0 Å². The van der Waals surface area contributed by atoms with Crippen LogP contribution in [0.4, 0.5) is 13.2 Å². The second-order valence-electron chi connectivity index (χ2n) is 5.92. The molecule has 0 bridgehead atoms. The Morgan fingerprint density at radius 1 is 1.25 bits per heavy atom. The highest BCUT2D eigenvalue weighted by molar-refractivity contribution is 5.95. The first-order chi connectivity index (χ1) is 11.2. The third-order valence-corrected chi connectivity index (χ3v) is 3.87. The smallest absolute Gasteiger partial charge is 0.416 e. The molecule has 0 N–H and O–H groups in total. The van der Waals surface area contributed by atoms with Gasteiger partial charge in [0.15, 0.2) is 0 Å². The first-order valence-corrected chi connectivity index (χ1v) is 7.89. The molecule has 0 spiro atoms. The Hall–Kier alpha value is -2.05. The SMILES string of the molecule is CCOC(=O)C(C)CN(C(=O)c1ccc(C(F)(F)F)cc1)C1CC1. The summed E-state index contributed by atoms with van der Waals surface area (Å²) in [6.07, 6.45) is -2.76. The van der Waals surface area contributed by atoms with Gasteiger partial charge in [-0.2, -0.15) is 13.2 Å². The maximum atomic E-state index is 12.6. The number of hydrogen-bond donors (Lipinski definition) is 0. The highest BCUT2D eigenvalue weighted by Gasteiger charge is 2.36. The standard InChI is InChI=1S/C17H20F3NO3/c1-3-24-16(23)11(2)10-21(14-8-9-14)15(22)12-4-6-13(7-5-12)17(18,19)20/h4-7,11,14H,3,8-10H2,1-2H3. The highest BCUT2D eigenvalue weighted by atomic mass is 19.4. The van der Waals surface area contributed by atoms with Crippen LogP contribution in [0.5, 0.6) is 0 Å². The molecule has 1 fully saturated rings. The van der Waals surface area contributed by atoms with Gasteiger partial charge in [-0.1, -0.05) is 6.92 Å². The van der Waals surface area contributed by atoms with Crippen LogP contribution >= 0.6 is 0 Å². The van der Waals surface area contributed by atoms with Gasteiger partial charge in [0, 0.05) is 18.2 Å². The van der Waals surface area contributed by atoms with Gasteiger partial charge in [-0.15, -0.1) is 0 Å². The van der Waals surface area contributed by atoms with E-state index in [2.05, 4.69) is 0 Å². The molecule has 1 aromatic rings. The summed E-state index contributed by atoms with van der Waals surface area (Å²) in [5.41, 5.74) is -0.608. The first kappa shape index (κ1) is 18.3. The summed E-state index contributed by atoms with van der Waals surface area (Å²) in [7, 11) is 0. The number of rotatable bonds is 6. The van der Waals surface area contributed by atoms with Crippen LogP contribution in [0.1, 0.15) is 42.6 Å². The van der Waals surface area contributed by atoms with Crippen molar-refractivity contribution in [1.82, 2.24) is 4.90 Å². The molecule has 1 aliphatic rings. The number of carbonyl (C=O) groups is 2. The summed E-state index contributed by atoms with van der Waals surface area (Å²) in [4.78, 5) is 25.9. The molecule has 1 atom stereocenters. The lowest BCUT2D eigenvalue weighted by molar-refractivity contribution is -0.147. The zero-order valence-corrected chi connectivity index (χ0v) is 13.6. The van der Waals surface area contributed by atoms with Gasteiger partial charge in [0.1, 0.15) is 0 Å². The lowest BCUT2D eigenvalue weighted by Gasteiger charge is -2.25. The number of amides is 1. The number of esters is 1. The minimum absolute atomic E-state index is 0.0386. The zero-order valence-electron chi connectivity index (χ0n) is 13.6. The molecule has 7 heteroatoms. The van der Waals surface area contributed by atoms with Gasteiger partial charge < -0.3 is 9.64 Å². The van der Waals surface area contributed by atoms with E-state index in [1.807, 2.05) is 0 Å². The molecule has 1 aliphatic carbocycles. The van der Waals surface area contributed by atoms with Crippen LogP contribution in [-0.4, -0.2) is 36.0 Å². The Balaban J connectivity index is 2.10. The molecule has 1 amide bonds. The average molecular weight is 343 g/mol. The van der Waals surface area contributed by atoms with Crippen molar-refractivity contribution in [3.8, 4) is 0 Å². The Kier molecular flexibility index (Phi) is 5.51. The van der Waals surface area contributed by atoms with E-state index in [-0.39, 0.29) is 36.6 Å². The quantitative estimate of drug-likeness (QED) is 0.743. The second-order valence-corrected chi connectivity index (χ2v) is 5.92. The number of halogens is 3. The van der Waals surface area contributed by atoms with E-state index >= 15 is 0 Å². The van der Waals surface area contributed by atoms with Crippen LogP contribution in [0.2, 0.25) is 0 Å². The number of ether oxygens (including phenoxy) is 1. The van der Waals surface area contributed by atoms with E-state index in [9.17, 15) is 22.8 Å². The fourth-order valence-electron chi connectivity index (χ4n) is 2.41. The van der Waals surface area contributed by atoms with Crippen molar-refractivity contribution >= 4 is 11.9 Å². The maximum Gasteiger partial charge on any atom is 0.416 e. The summed E-state index contributed by atoms with van der Waals surface area (Å²) in [5.74, 6) is -1.23. The van der Waals surface area contributed by atoms with E-state index in [1.54, 1.807) is 18.7 Å². The Morgan fingerprint density at radius 2 is 1.83 bits per heavy atom. The van der Waals surface area contributed by atoms with E-state index in [4.69, 9.17) is 4.74 Å². The molecule has 0 radical (unpaired) electrons. The van der Waals surface area contributed by atoms with E-state index in [0.717, 1.165) is 25.0 Å². The molecule has 2 rings (SSSR count). The van der Waals surface area contributed by atoms with Crippen LogP contribution in [0, 0.1) is 5.92 Å². The van der Waals surface area contributed by atoms with Crippen molar-refractivity contribution in [3.05, 3.63) is 35.4 Å². The monoisotopic (exact) mass is 343 g/mol. The Labute approximate surface area is 138 Å². The lowest BCUT2D eigenvalue weighted by Crippen LogP contribution is -2.39. The average Bonchev–Trinajstić information content (AvgIpc) is 3.36. The molecular weight excluding hydrogens is 323 g/mol. The van der Waals surface area contributed by atoms with Crippen LogP contribution in [0.15, 0.2) is 24.3 Å². The predicted octanol–water partition coefficient (Wildman–Crippen LogP) is 3.51. The number of hydrogen-bond acceptors (Lipinski definition) is 3. The highest BCUT2D eigenvalue weighted by Crippen LogP contribution is 2.31. The lowest BCUT2D eigenvalue weighted by atomic mass is 10.1. The fraction of sp³-hybridized carbons (Fsp3) is 0.529. The zero-order chi connectivity index (χ0) is 17.9. The Bertz CT molecular complexity index is 594. The third kappa shape index (κ3) is 4.49. The van der Waals surface area contributed by atoms with Gasteiger partial charge in [0.2, 0.25) is 0 Å². The molecule has 1 unspecified atom stereocenters. The van der Waals surface area contributed by atoms with Crippen molar-refractivity contribution in [2.24, 2.45) is 5.92 Å². The van der Waals surface area contributed by atoms with Crippen LogP contribution in [0.25, 0.3) is 0 Å². The molecule has 1 aromatic carbocycles. The molecule has 0 saturated heterocycles. The van der Waals surface area contributed by atoms with Crippen molar-refractivity contribution in [3.63, 3.8) is 0 Å². The molecule has 0 aromatic heterocycles. The van der Waals surface area contributed by atoms with Crippen LogP contribution in [-0.2, 0) is 15.7 Å². The van der Waals surface area contributed by atoms with Gasteiger partial charge in [-0.05, 0) is 44.0 Å². The summed E-state index contributed by atoms with van der Waals surface area (Å²) >= 11 is 0. The van der Waals surface area contributed by atoms with Gasteiger partial charge in [0.05, 0.1) is 18.1 Å². The summed E-state index contributed by atoms with van der Waals surface area (Å²) in [5, 5.41) is 0. The van der Waals surface area contributed by atoms with Crippen LogP contribution in [0.3, 0.4) is 0 Å². The topological polar surface area (TPSA) is 46.6 Å². The minimum atomic E-state index is -4.43. The van der Waals surface area contributed by atoms with Gasteiger partial charge >= 0.3 is 12.1 Å². The first-order valence-electron chi connectivity index (χ1n) is 7.89. The van der Waals surface area contributed by atoms with Crippen molar-refractivity contribution in [2.75, 3.05) is 13.2 Å². The van der Waals surface area contributed by atoms with E-state index < -0.39 is 17.7 Å². The van der Waals surface area contributed by atoms with Crippen molar-refractivity contribution in [1.29, 1.82) is 0 Å². The number of nitrogens with zero attached hydrogens (tertiary/aromatic N) is 1. The molecule has 132 valence electrons. The number of carbonyl (C=O) groups excluding carboxylic acids is 2. The van der Waals surface area contributed by atoms with E-state index in [1.165, 1.54) is 12.1 Å². The largest absolute Gasteiger partial charge is 0.466 e. The molecule has 0 heterocycles. The molecule has 0 aliphatic heterocycles. The van der Waals surface area contributed by atoms with Gasteiger partial charge in [-0.3, -0.25) is 9.59 Å². The minimum Gasteiger partial charge on any atom is -0.466 e. The predicted molar refractivity (Wildman–Crippen MR) is 81.3 cm³/mol. The Morgan fingerprint density at radius 3 is 2.29 bits per heavy atom. The molecule has 24 heavy (non-hydrogen) atoms. The summed E-state index contributed by atoms with van der Waals surface area (Å²) < 4.78 is 42.8. The van der Waals surface area contributed by atoms with Crippen molar-refractivity contribution in [2.45, 2.75) is 38.9 Å². The van der Waals surface area contributed by atoms with Crippen LogP contribution < -0.4 is 0 Å². The third-order valence-electron chi connectivity index (χ3n) is 3.87. The van der Waals surface area contributed by atoms with Gasteiger partial charge in [0.25, 0.3) is 5.91 Å². The number of benzene rings is 1. The normalized spacial score (nSPS) is 15.7. The number of alkyl halides is 3. The summed E-state index contributed by atoms with van der Waals surface area (Å²) in [6.45, 7) is 3.84. The molecule has 4 nitrogen and oxygen atoms in total. The molecular formula is C17H20F3NO3. The van der Waals surface area contributed by atoms with E-state index in [0.29, 0.717) is 0 Å².